The lowest BCUT2D eigenvalue weighted by molar-refractivity contribution is -0.110. The monoisotopic (exact) mass is 321 g/mol. The molecule has 0 saturated heterocycles. The van der Waals surface area contributed by atoms with Crippen molar-refractivity contribution in [3.05, 3.63) is 30.3 Å². The Morgan fingerprint density at radius 1 is 1.43 bits per heavy atom. The number of nitrogens with one attached hydrogen (secondary N) is 1. The number of ketones is 1. The number of amidine groups is 1. The number of benzene rings is 1. The van der Waals surface area contributed by atoms with Crippen molar-refractivity contribution in [3.8, 4) is 0 Å². The van der Waals surface area contributed by atoms with Crippen LogP contribution in [0.5, 0.6) is 0 Å². The summed E-state index contributed by atoms with van der Waals surface area (Å²) in [4.78, 5) is 15.8. The lowest BCUT2D eigenvalue weighted by Gasteiger charge is -2.03. The number of nitrogens with zero attached hydrogens (tertiary/aromatic N) is 4. The van der Waals surface area contributed by atoms with Gasteiger partial charge in [-0.25, -0.2) is 0 Å². The van der Waals surface area contributed by atoms with E-state index in [0.29, 0.717) is 28.4 Å². The van der Waals surface area contributed by atoms with E-state index in [9.17, 15) is 4.79 Å². The smallest absolute Gasteiger partial charge is 0.205 e. The van der Waals surface area contributed by atoms with Crippen molar-refractivity contribution >= 4 is 45.2 Å². The lowest BCUT2D eigenvalue weighted by atomic mass is 10.3. The molecule has 0 fully saturated rings. The van der Waals surface area contributed by atoms with Crippen molar-refractivity contribution in [2.75, 3.05) is 23.6 Å². The number of carbonyl (C=O) groups excluding carboxylic acids is 1. The highest BCUT2D eigenvalue weighted by molar-refractivity contribution is 8.15. The number of para-hydroxylation sites is 1. The molecule has 1 aliphatic heterocycles. The highest BCUT2D eigenvalue weighted by Gasteiger charge is 2.08. The summed E-state index contributed by atoms with van der Waals surface area (Å²) in [6.45, 7) is 2.09. The van der Waals surface area contributed by atoms with Crippen LogP contribution in [0.2, 0.25) is 0 Å². The summed E-state index contributed by atoms with van der Waals surface area (Å²) in [5, 5.41) is 13.0. The number of anilines is 1. The zero-order valence-corrected chi connectivity index (χ0v) is 13.2. The first-order valence-electron chi connectivity index (χ1n) is 6.33. The zero-order valence-electron chi connectivity index (χ0n) is 11.5. The molecule has 0 atom stereocenters. The van der Waals surface area contributed by atoms with Crippen LogP contribution in [0.1, 0.15) is 6.92 Å². The van der Waals surface area contributed by atoms with E-state index in [1.54, 1.807) is 0 Å². The van der Waals surface area contributed by atoms with E-state index in [-0.39, 0.29) is 5.78 Å². The van der Waals surface area contributed by atoms with E-state index in [2.05, 4.69) is 25.7 Å². The summed E-state index contributed by atoms with van der Waals surface area (Å²) in [7, 11) is 0. The van der Waals surface area contributed by atoms with Crippen LogP contribution in [0.4, 0.5) is 5.69 Å². The first-order chi connectivity index (χ1) is 10.3. The fraction of sp³-hybridized carbons (Fsp3) is 0.308. The summed E-state index contributed by atoms with van der Waals surface area (Å²) < 4.78 is 0. The number of hydrazone groups is 1. The Hall–Kier alpha value is -1.67. The van der Waals surface area contributed by atoms with Crippen molar-refractivity contribution in [2.45, 2.75) is 6.92 Å². The van der Waals surface area contributed by atoms with E-state index < -0.39 is 0 Å². The van der Waals surface area contributed by atoms with Gasteiger partial charge in [-0.15, -0.1) is 5.11 Å². The van der Waals surface area contributed by atoms with Crippen molar-refractivity contribution in [1.29, 1.82) is 0 Å². The van der Waals surface area contributed by atoms with Gasteiger partial charge in [-0.2, -0.15) is 10.2 Å². The van der Waals surface area contributed by atoms with Crippen LogP contribution in [-0.2, 0) is 4.79 Å². The third-order valence-corrected chi connectivity index (χ3v) is 4.10. The number of azo groups is 1. The van der Waals surface area contributed by atoms with Gasteiger partial charge in [0, 0.05) is 12.7 Å². The van der Waals surface area contributed by atoms with E-state index in [4.69, 9.17) is 0 Å². The maximum atomic E-state index is 11.6. The Morgan fingerprint density at radius 3 is 2.90 bits per heavy atom. The fourth-order valence-electron chi connectivity index (χ4n) is 1.41. The molecule has 0 amide bonds. The van der Waals surface area contributed by atoms with Gasteiger partial charge in [0.2, 0.25) is 5.17 Å². The molecule has 0 bridgehead atoms. The van der Waals surface area contributed by atoms with Gasteiger partial charge >= 0.3 is 0 Å². The molecule has 1 aromatic carbocycles. The molecule has 6 nitrogen and oxygen atoms in total. The minimum Gasteiger partial charge on any atom is -0.292 e. The Morgan fingerprint density at radius 2 is 2.24 bits per heavy atom. The van der Waals surface area contributed by atoms with Gasteiger partial charge in [-0.3, -0.25) is 15.2 Å². The Labute approximate surface area is 131 Å². The Balaban J connectivity index is 1.82. The highest BCUT2D eigenvalue weighted by Crippen LogP contribution is 2.14. The minimum absolute atomic E-state index is 0.0639. The van der Waals surface area contributed by atoms with Gasteiger partial charge in [0.25, 0.3) is 0 Å². The SMILES string of the molecule is CC(=O)C(=NNc1ccccc1)SCCN=C1N=NCS1. The predicted octanol–water partition coefficient (Wildman–Crippen LogP) is 3.25. The quantitative estimate of drug-likeness (QED) is 0.377. The first-order valence-corrected chi connectivity index (χ1v) is 8.30. The van der Waals surface area contributed by atoms with E-state index in [0.717, 1.165) is 5.69 Å². The number of rotatable bonds is 6. The summed E-state index contributed by atoms with van der Waals surface area (Å²) in [5.41, 5.74) is 3.73. The third-order valence-electron chi connectivity index (χ3n) is 2.35. The van der Waals surface area contributed by atoms with Gasteiger partial charge in [0.05, 0.1) is 12.2 Å². The van der Waals surface area contributed by atoms with Crippen LogP contribution in [-0.4, -0.2) is 34.2 Å². The van der Waals surface area contributed by atoms with Crippen molar-refractivity contribution in [3.63, 3.8) is 0 Å². The summed E-state index contributed by atoms with van der Waals surface area (Å²) >= 11 is 2.89. The molecule has 0 radical (unpaired) electrons. The largest absolute Gasteiger partial charge is 0.292 e. The number of carbonyl (C=O) groups is 1. The Bertz CT molecular complexity index is 571. The second kappa shape index (κ2) is 8.58. The van der Waals surface area contributed by atoms with E-state index in [1.807, 2.05) is 30.3 Å². The van der Waals surface area contributed by atoms with E-state index in [1.165, 1.54) is 30.4 Å². The molecule has 0 aliphatic carbocycles. The molecule has 1 aromatic rings. The van der Waals surface area contributed by atoms with Crippen molar-refractivity contribution < 1.29 is 4.79 Å². The van der Waals surface area contributed by atoms with Crippen LogP contribution in [0.15, 0.2) is 50.7 Å². The molecule has 2 rings (SSSR count). The normalized spacial score (nSPS) is 16.4. The van der Waals surface area contributed by atoms with Gasteiger partial charge in [0.15, 0.2) is 10.8 Å². The van der Waals surface area contributed by atoms with Crippen LogP contribution in [0.25, 0.3) is 0 Å². The van der Waals surface area contributed by atoms with Crippen LogP contribution >= 0.6 is 23.5 Å². The van der Waals surface area contributed by atoms with Gasteiger partial charge in [-0.1, -0.05) is 41.7 Å². The molecule has 21 heavy (non-hydrogen) atoms. The molecule has 0 aromatic heterocycles. The number of aliphatic imine (C=N–C) groups is 1. The molecule has 1 heterocycles. The van der Waals surface area contributed by atoms with Crippen molar-refractivity contribution in [1.82, 2.24) is 0 Å². The lowest BCUT2D eigenvalue weighted by Crippen LogP contribution is -2.09. The number of Topliss-reactive ketones (excluding diaryl/α,β-unsaturated/α-hetero) is 1. The highest BCUT2D eigenvalue weighted by atomic mass is 32.2. The minimum atomic E-state index is -0.0639. The fourth-order valence-corrected chi connectivity index (χ4v) is 2.62. The second-order valence-electron chi connectivity index (χ2n) is 3.98. The summed E-state index contributed by atoms with van der Waals surface area (Å²) in [6, 6.07) is 9.51. The van der Waals surface area contributed by atoms with Crippen LogP contribution in [0, 0.1) is 0 Å². The number of thioether (sulfide) groups is 2. The zero-order chi connectivity index (χ0) is 14.9. The first kappa shape index (κ1) is 15.7. The molecule has 1 aliphatic rings. The maximum absolute atomic E-state index is 11.6. The average molecular weight is 321 g/mol. The molecule has 0 spiro atoms. The molecular weight excluding hydrogens is 306 g/mol. The molecule has 0 unspecified atom stereocenters. The molecule has 110 valence electrons. The van der Waals surface area contributed by atoms with E-state index >= 15 is 0 Å². The standard InChI is InChI=1S/C13H15N5OS2/c1-10(19)12(17-16-11-5-3-2-4-6-11)20-8-7-14-13-18-15-9-21-13/h2-6,16H,7-9H2,1H3. The van der Waals surface area contributed by atoms with Crippen LogP contribution < -0.4 is 5.43 Å². The molecule has 0 saturated carbocycles. The van der Waals surface area contributed by atoms with Gasteiger partial charge in [-0.05, 0) is 12.1 Å². The Kier molecular flexibility index (Phi) is 6.42. The predicted molar refractivity (Wildman–Crippen MR) is 90.3 cm³/mol. The molecule has 8 heteroatoms. The second-order valence-corrected chi connectivity index (χ2v) is 5.97. The maximum Gasteiger partial charge on any atom is 0.205 e. The topological polar surface area (TPSA) is 78.5 Å². The van der Waals surface area contributed by atoms with Gasteiger partial charge < -0.3 is 0 Å². The number of hydrogen-bond donors (Lipinski definition) is 1. The number of hydrogen-bond acceptors (Lipinski definition) is 7. The third kappa shape index (κ3) is 5.68. The summed E-state index contributed by atoms with van der Waals surface area (Å²) in [5.74, 6) is 1.26. The molecule has 1 N–H and O–H groups in total. The van der Waals surface area contributed by atoms with Gasteiger partial charge in [0.1, 0.15) is 5.88 Å². The molecular formula is C13H15N5OS2. The summed E-state index contributed by atoms with van der Waals surface area (Å²) in [6.07, 6.45) is 0. The van der Waals surface area contributed by atoms with Crippen LogP contribution in [0.3, 0.4) is 0 Å². The average Bonchev–Trinajstić information content (AvgIpc) is 3.00. The van der Waals surface area contributed by atoms with Crippen molar-refractivity contribution in [2.24, 2.45) is 20.3 Å².